The summed E-state index contributed by atoms with van der Waals surface area (Å²) in [6, 6.07) is 1.65. The molecule has 1 atom stereocenters. The molecular weight excluding hydrogens is 424 g/mol. The van der Waals surface area contributed by atoms with Gasteiger partial charge >= 0.3 is 0 Å². The fraction of sp³-hybridized carbons (Fsp3) is 0.500. The number of rotatable bonds is 7. The summed E-state index contributed by atoms with van der Waals surface area (Å²) in [5.41, 5.74) is 1.70. The molecule has 0 spiro atoms. The standard InChI is InChI=1S/C20H24N4O4S2/c1-4-14-12(3)30-18-17(14)19(26)24(9-13-6-5-7-27-13)20(22-18)29-10-15(25)21-16-8-11(2)23-28-16/h8,13H,4-7,9-10H2,1-3H3,(H,21,25). The van der Waals surface area contributed by atoms with Gasteiger partial charge in [0.15, 0.2) is 5.16 Å². The minimum absolute atomic E-state index is 0.00268. The van der Waals surface area contributed by atoms with Crippen molar-refractivity contribution in [2.45, 2.75) is 57.8 Å². The van der Waals surface area contributed by atoms with Crippen molar-refractivity contribution in [2.75, 3.05) is 17.7 Å². The predicted molar refractivity (Wildman–Crippen MR) is 118 cm³/mol. The molecule has 4 heterocycles. The summed E-state index contributed by atoms with van der Waals surface area (Å²) in [6.45, 7) is 7.02. The predicted octanol–water partition coefficient (Wildman–Crippen LogP) is 3.54. The third kappa shape index (κ3) is 4.30. The third-order valence-electron chi connectivity index (χ3n) is 5.06. The second-order valence-corrected chi connectivity index (χ2v) is 9.43. The lowest BCUT2D eigenvalue weighted by atomic mass is 10.1. The van der Waals surface area contributed by atoms with Crippen molar-refractivity contribution in [3.05, 3.63) is 32.6 Å². The van der Waals surface area contributed by atoms with E-state index in [0.29, 0.717) is 35.3 Å². The maximum atomic E-state index is 13.4. The number of nitrogens with zero attached hydrogens (tertiary/aromatic N) is 3. The van der Waals surface area contributed by atoms with E-state index in [1.54, 1.807) is 17.6 Å². The molecule has 0 aromatic carbocycles. The zero-order valence-electron chi connectivity index (χ0n) is 17.2. The molecule has 0 bridgehead atoms. The van der Waals surface area contributed by atoms with Gasteiger partial charge in [-0.3, -0.25) is 19.5 Å². The van der Waals surface area contributed by atoms with Gasteiger partial charge in [-0.2, -0.15) is 0 Å². The molecule has 1 aliphatic heterocycles. The number of amides is 1. The molecular formula is C20H24N4O4S2. The van der Waals surface area contributed by atoms with Crippen LogP contribution >= 0.6 is 23.1 Å². The molecule has 160 valence electrons. The fourth-order valence-corrected chi connectivity index (χ4v) is 5.61. The topological polar surface area (TPSA) is 99.3 Å². The number of hydrogen-bond donors (Lipinski definition) is 1. The molecule has 0 radical (unpaired) electrons. The second-order valence-electron chi connectivity index (χ2n) is 7.29. The second kappa shape index (κ2) is 8.91. The number of anilines is 1. The molecule has 1 N–H and O–H groups in total. The van der Waals surface area contributed by atoms with Crippen molar-refractivity contribution in [1.82, 2.24) is 14.7 Å². The summed E-state index contributed by atoms with van der Waals surface area (Å²) < 4.78 is 12.5. The maximum Gasteiger partial charge on any atom is 0.263 e. The van der Waals surface area contributed by atoms with Crippen LogP contribution in [0.1, 0.15) is 35.9 Å². The Labute approximate surface area is 182 Å². The quantitative estimate of drug-likeness (QED) is 0.436. The Bertz CT molecular complexity index is 1130. The SMILES string of the molecule is CCc1c(C)sc2nc(SCC(=O)Nc3cc(C)no3)n(CC3CCCO3)c(=O)c12. The van der Waals surface area contributed by atoms with Gasteiger partial charge in [0, 0.05) is 17.6 Å². The first kappa shape index (κ1) is 21.1. The van der Waals surface area contributed by atoms with E-state index in [1.165, 1.54) is 23.1 Å². The number of carbonyl (C=O) groups excluding carboxylic acids is 1. The molecule has 30 heavy (non-hydrogen) atoms. The van der Waals surface area contributed by atoms with Crippen LogP contribution in [0.15, 0.2) is 20.5 Å². The van der Waals surface area contributed by atoms with Crippen molar-refractivity contribution in [3.8, 4) is 0 Å². The monoisotopic (exact) mass is 448 g/mol. The van der Waals surface area contributed by atoms with Crippen molar-refractivity contribution >= 4 is 45.1 Å². The van der Waals surface area contributed by atoms with Gasteiger partial charge in [0.1, 0.15) is 4.83 Å². The summed E-state index contributed by atoms with van der Waals surface area (Å²) in [5, 5.41) is 7.67. The van der Waals surface area contributed by atoms with Crippen molar-refractivity contribution in [1.29, 1.82) is 0 Å². The molecule has 4 rings (SSSR count). The van der Waals surface area contributed by atoms with Crippen LogP contribution in [0.5, 0.6) is 0 Å². The maximum absolute atomic E-state index is 13.4. The van der Waals surface area contributed by atoms with Gasteiger partial charge in [0.25, 0.3) is 5.56 Å². The summed E-state index contributed by atoms with van der Waals surface area (Å²) in [6.07, 6.45) is 2.70. The first-order valence-corrected chi connectivity index (χ1v) is 11.8. The van der Waals surface area contributed by atoms with Crippen LogP contribution in [0.25, 0.3) is 10.2 Å². The van der Waals surface area contributed by atoms with E-state index in [1.807, 2.05) is 6.92 Å². The Hall–Kier alpha value is -2.17. The van der Waals surface area contributed by atoms with E-state index in [0.717, 1.165) is 34.5 Å². The Morgan fingerprint density at radius 2 is 2.27 bits per heavy atom. The largest absolute Gasteiger partial charge is 0.376 e. The zero-order valence-corrected chi connectivity index (χ0v) is 18.8. The van der Waals surface area contributed by atoms with Crippen LogP contribution in [0.4, 0.5) is 5.88 Å². The van der Waals surface area contributed by atoms with Crippen molar-refractivity contribution in [2.24, 2.45) is 0 Å². The average molecular weight is 449 g/mol. The van der Waals surface area contributed by atoms with Crippen LogP contribution in [-0.2, 0) is 22.5 Å². The highest BCUT2D eigenvalue weighted by atomic mass is 32.2. The molecule has 1 saturated heterocycles. The fourth-order valence-electron chi connectivity index (χ4n) is 3.65. The Kier molecular flexibility index (Phi) is 6.26. The number of carbonyl (C=O) groups is 1. The smallest absolute Gasteiger partial charge is 0.263 e. The molecule has 0 aliphatic carbocycles. The molecule has 0 saturated carbocycles. The lowest BCUT2D eigenvalue weighted by Gasteiger charge is -2.16. The van der Waals surface area contributed by atoms with Crippen LogP contribution in [-0.4, -0.2) is 39.1 Å². The number of thioether (sulfide) groups is 1. The number of ether oxygens (including phenoxy) is 1. The van der Waals surface area contributed by atoms with E-state index in [9.17, 15) is 9.59 Å². The normalized spacial score (nSPS) is 16.4. The molecule has 3 aromatic heterocycles. The molecule has 1 fully saturated rings. The molecule has 1 unspecified atom stereocenters. The summed E-state index contributed by atoms with van der Waals surface area (Å²) in [4.78, 5) is 32.4. The molecule has 3 aromatic rings. The van der Waals surface area contributed by atoms with Crippen LogP contribution < -0.4 is 10.9 Å². The van der Waals surface area contributed by atoms with Gasteiger partial charge in [-0.15, -0.1) is 11.3 Å². The van der Waals surface area contributed by atoms with E-state index in [4.69, 9.17) is 14.2 Å². The van der Waals surface area contributed by atoms with Gasteiger partial charge in [0.05, 0.1) is 29.5 Å². The molecule has 8 nitrogen and oxygen atoms in total. The Morgan fingerprint density at radius 3 is 2.93 bits per heavy atom. The highest BCUT2D eigenvalue weighted by molar-refractivity contribution is 7.99. The van der Waals surface area contributed by atoms with Gasteiger partial charge < -0.3 is 9.26 Å². The van der Waals surface area contributed by atoms with Gasteiger partial charge in [-0.05, 0) is 38.7 Å². The van der Waals surface area contributed by atoms with Crippen molar-refractivity contribution in [3.63, 3.8) is 0 Å². The molecule has 1 amide bonds. The van der Waals surface area contributed by atoms with E-state index in [2.05, 4.69) is 17.4 Å². The number of hydrogen-bond acceptors (Lipinski definition) is 8. The lowest BCUT2D eigenvalue weighted by Crippen LogP contribution is -2.29. The first-order chi connectivity index (χ1) is 14.5. The van der Waals surface area contributed by atoms with Crippen LogP contribution in [0.2, 0.25) is 0 Å². The van der Waals surface area contributed by atoms with E-state index in [-0.39, 0.29) is 23.3 Å². The number of thiophene rings is 1. The summed E-state index contributed by atoms with van der Waals surface area (Å²) in [5.74, 6) is 0.166. The van der Waals surface area contributed by atoms with Crippen molar-refractivity contribution < 1.29 is 14.1 Å². The average Bonchev–Trinajstić information content (AvgIpc) is 3.43. The Balaban J connectivity index is 1.62. The first-order valence-electron chi connectivity index (χ1n) is 9.96. The highest BCUT2D eigenvalue weighted by Gasteiger charge is 2.23. The zero-order chi connectivity index (χ0) is 21.3. The van der Waals surface area contributed by atoms with E-state index >= 15 is 0 Å². The van der Waals surface area contributed by atoms with Gasteiger partial charge in [-0.25, -0.2) is 4.98 Å². The minimum atomic E-state index is -0.245. The number of aryl methyl sites for hydroxylation is 3. The number of aromatic nitrogens is 3. The Morgan fingerprint density at radius 1 is 1.43 bits per heavy atom. The summed E-state index contributed by atoms with van der Waals surface area (Å²) >= 11 is 2.78. The van der Waals surface area contributed by atoms with E-state index < -0.39 is 0 Å². The van der Waals surface area contributed by atoms with Gasteiger partial charge in [-0.1, -0.05) is 23.8 Å². The van der Waals surface area contributed by atoms with Crippen LogP contribution in [0.3, 0.4) is 0 Å². The molecule has 1 aliphatic rings. The molecule has 10 heteroatoms. The highest BCUT2D eigenvalue weighted by Crippen LogP contribution is 2.30. The number of nitrogens with one attached hydrogen (secondary N) is 1. The number of fused-ring (bicyclic) bond motifs is 1. The van der Waals surface area contributed by atoms with Gasteiger partial charge in [0.2, 0.25) is 11.8 Å². The van der Waals surface area contributed by atoms with Crippen LogP contribution in [0, 0.1) is 13.8 Å². The third-order valence-corrected chi connectivity index (χ3v) is 7.08. The summed E-state index contributed by atoms with van der Waals surface area (Å²) in [7, 11) is 0. The minimum Gasteiger partial charge on any atom is -0.376 e. The lowest BCUT2D eigenvalue weighted by molar-refractivity contribution is -0.113.